The SMILES string of the molecule is Cc1ccc(N(C)C)cc1NS(=O)[O-]. The van der Waals surface area contributed by atoms with Crippen LogP contribution >= 0.6 is 0 Å². The first-order chi connectivity index (χ1) is 6.50. The number of aryl methyl sites for hydroxylation is 1. The molecule has 0 aromatic heterocycles. The second-order valence-electron chi connectivity index (χ2n) is 3.23. The summed E-state index contributed by atoms with van der Waals surface area (Å²) in [5.74, 6) is 0. The molecule has 1 unspecified atom stereocenters. The van der Waals surface area contributed by atoms with Crippen LogP contribution in [0, 0.1) is 6.92 Å². The van der Waals surface area contributed by atoms with Crippen molar-refractivity contribution in [2.45, 2.75) is 6.92 Å². The van der Waals surface area contributed by atoms with Gasteiger partial charge in [-0.05, 0) is 24.6 Å². The Balaban J connectivity index is 3.02. The third-order valence-electron chi connectivity index (χ3n) is 1.93. The Bertz CT molecular complexity index is 353. The summed E-state index contributed by atoms with van der Waals surface area (Å²) in [5.41, 5.74) is 2.48. The van der Waals surface area contributed by atoms with E-state index in [1.54, 1.807) is 6.07 Å². The van der Waals surface area contributed by atoms with E-state index < -0.39 is 11.3 Å². The quantitative estimate of drug-likeness (QED) is 0.769. The second-order valence-corrected chi connectivity index (χ2v) is 3.90. The lowest BCUT2D eigenvalue weighted by atomic mass is 10.2. The molecular weight excluding hydrogens is 200 g/mol. The summed E-state index contributed by atoms with van der Waals surface area (Å²) in [7, 11) is 3.81. The summed E-state index contributed by atoms with van der Waals surface area (Å²) in [6.45, 7) is 1.86. The lowest BCUT2D eigenvalue weighted by Crippen LogP contribution is -2.10. The van der Waals surface area contributed by atoms with E-state index in [9.17, 15) is 8.76 Å². The van der Waals surface area contributed by atoms with Crippen LogP contribution in [0.3, 0.4) is 0 Å². The zero-order chi connectivity index (χ0) is 10.7. The minimum atomic E-state index is -2.27. The molecule has 1 atom stereocenters. The maximum Gasteiger partial charge on any atom is 0.0502 e. The second kappa shape index (κ2) is 4.43. The van der Waals surface area contributed by atoms with E-state index in [4.69, 9.17) is 0 Å². The first-order valence-corrected chi connectivity index (χ1v) is 5.22. The smallest absolute Gasteiger partial charge is 0.0502 e. The molecule has 0 bridgehead atoms. The molecule has 0 heterocycles. The number of anilines is 2. The van der Waals surface area contributed by atoms with E-state index in [2.05, 4.69) is 4.72 Å². The molecule has 0 aliphatic heterocycles. The monoisotopic (exact) mass is 213 g/mol. The zero-order valence-corrected chi connectivity index (χ0v) is 9.22. The van der Waals surface area contributed by atoms with Crippen molar-refractivity contribution in [1.82, 2.24) is 0 Å². The largest absolute Gasteiger partial charge is 0.755 e. The maximum atomic E-state index is 10.5. The summed E-state index contributed by atoms with van der Waals surface area (Å²) >= 11 is -2.27. The van der Waals surface area contributed by atoms with Gasteiger partial charge in [0.25, 0.3) is 0 Å². The average Bonchev–Trinajstić information content (AvgIpc) is 2.07. The molecule has 1 aromatic carbocycles. The van der Waals surface area contributed by atoms with Crippen LogP contribution in [0.15, 0.2) is 18.2 Å². The summed E-state index contributed by atoms with van der Waals surface area (Å²) in [5, 5.41) is 0. The van der Waals surface area contributed by atoms with Crippen molar-refractivity contribution < 1.29 is 8.76 Å². The molecule has 0 saturated heterocycles. The van der Waals surface area contributed by atoms with Crippen molar-refractivity contribution in [3.8, 4) is 0 Å². The van der Waals surface area contributed by atoms with Gasteiger partial charge in [-0.3, -0.25) is 4.21 Å². The van der Waals surface area contributed by atoms with Gasteiger partial charge in [0.15, 0.2) is 0 Å². The fraction of sp³-hybridized carbons (Fsp3) is 0.333. The number of nitrogens with one attached hydrogen (secondary N) is 1. The van der Waals surface area contributed by atoms with Crippen molar-refractivity contribution in [1.29, 1.82) is 0 Å². The highest BCUT2D eigenvalue weighted by Gasteiger charge is 2.01. The van der Waals surface area contributed by atoms with Crippen molar-refractivity contribution >= 4 is 22.6 Å². The van der Waals surface area contributed by atoms with Crippen molar-refractivity contribution in [2.75, 3.05) is 23.7 Å². The van der Waals surface area contributed by atoms with E-state index in [-0.39, 0.29) is 0 Å². The van der Waals surface area contributed by atoms with Crippen LogP contribution < -0.4 is 9.62 Å². The standard InChI is InChI=1S/C9H14N2O2S/c1-7-4-5-8(11(2)3)6-9(7)10-14(12)13/h4-6,10H,1-3H3,(H,12,13)/p-1. The van der Waals surface area contributed by atoms with Crippen LogP contribution in [0.2, 0.25) is 0 Å². The first kappa shape index (κ1) is 11.0. The van der Waals surface area contributed by atoms with E-state index in [0.29, 0.717) is 5.69 Å². The van der Waals surface area contributed by atoms with Gasteiger partial charge in [0.05, 0.1) is 5.69 Å². The van der Waals surface area contributed by atoms with Crippen LogP contribution in [0.5, 0.6) is 0 Å². The molecule has 0 amide bonds. The van der Waals surface area contributed by atoms with Gasteiger partial charge in [-0.2, -0.15) is 0 Å². The highest BCUT2D eigenvalue weighted by molar-refractivity contribution is 7.80. The zero-order valence-electron chi connectivity index (χ0n) is 8.40. The Kier molecular flexibility index (Phi) is 3.49. The highest BCUT2D eigenvalue weighted by Crippen LogP contribution is 2.21. The van der Waals surface area contributed by atoms with Gasteiger partial charge >= 0.3 is 0 Å². The Morgan fingerprint density at radius 2 is 2.07 bits per heavy atom. The molecule has 14 heavy (non-hydrogen) atoms. The Hall–Kier alpha value is -1.07. The molecular formula is C9H13N2O2S-. The molecule has 0 fully saturated rings. The molecule has 78 valence electrons. The van der Waals surface area contributed by atoms with Gasteiger partial charge in [0.2, 0.25) is 0 Å². The lowest BCUT2D eigenvalue weighted by molar-refractivity contribution is 0.542. The first-order valence-electron chi connectivity index (χ1n) is 4.14. The fourth-order valence-corrected chi connectivity index (χ4v) is 1.49. The topological polar surface area (TPSA) is 55.4 Å². The van der Waals surface area contributed by atoms with Gasteiger partial charge in [-0.1, -0.05) is 6.07 Å². The Labute approximate surface area is 86.3 Å². The molecule has 0 radical (unpaired) electrons. The normalized spacial score (nSPS) is 12.3. The van der Waals surface area contributed by atoms with E-state index >= 15 is 0 Å². The molecule has 0 spiro atoms. The summed E-state index contributed by atoms with van der Waals surface area (Å²) in [4.78, 5) is 1.92. The van der Waals surface area contributed by atoms with Crippen molar-refractivity contribution in [3.05, 3.63) is 23.8 Å². The third-order valence-corrected chi connectivity index (χ3v) is 2.32. The van der Waals surface area contributed by atoms with Crippen LogP contribution in [0.1, 0.15) is 5.56 Å². The van der Waals surface area contributed by atoms with Crippen LogP contribution in [-0.2, 0) is 11.3 Å². The molecule has 0 aliphatic rings. The summed E-state index contributed by atoms with van der Waals surface area (Å²) in [6.07, 6.45) is 0. The van der Waals surface area contributed by atoms with Gasteiger partial charge in [0.1, 0.15) is 0 Å². The van der Waals surface area contributed by atoms with Crippen molar-refractivity contribution in [3.63, 3.8) is 0 Å². The van der Waals surface area contributed by atoms with Gasteiger partial charge in [0, 0.05) is 31.0 Å². The molecule has 1 aromatic rings. The van der Waals surface area contributed by atoms with Crippen LogP contribution in [0.4, 0.5) is 11.4 Å². The number of benzene rings is 1. The molecule has 4 nitrogen and oxygen atoms in total. The number of hydrogen-bond acceptors (Lipinski definition) is 3. The van der Waals surface area contributed by atoms with E-state index in [1.807, 2.05) is 38.1 Å². The minimum absolute atomic E-state index is 0.615. The highest BCUT2D eigenvalue weighted by atomic mass is 32.2. The number of nitrogens with zero attached hydrogens (tertiary/aromatic N) is 1. The maximum absolute atomic E-state index is 10.5. The average molecular weight is 213 g/mol. The predicted octanol–water partition coefficient (Wildman–Crippen LogP) is 1.27. The third kappa shape index (κ3) is 2.71. The predicted molar refractivity (Wildman–Crippen MR) is 58.0 cm³/mol. The van der Waals surface area contributed by atoms with E-state index in [1.165, 1.54) is 0 Å². The molecule has 0 aliphatic carbocycles. The number of hydrogen-bond donors (Lipinski definition) is 1. The summed E-state index contributed by atoms with van der Waals surface area (Å²) in [6, 6.07) is 5.61. The molecule has 1 rings (SSSR count). The Morgan fingerprint density at radius 1 is 1.43 bits per heavy atom. The van der Waals surface area contributed by atoms with Gasteiger partial charge < -0.3 is 14.2 Å². The minimum Gasteiger partial charge on any atom is -0.755 e. The van der Waals surface area contributed by atoms with Crippen LogP contribution in [-0.4, -0.2) is 22.9 Å². The van der Waals surface area contributed by atoms with Crippen LogP contribution in [0.25, 0.3) is 0 Å². The number of rotatable bonds is 3. The van der Waals surface area contributed by atoms with Crippen molar-refractivity contribution in [2.24, 2.45) is 0 Å². The van der Waals surface area contributed by atoms with Gasteiger partial charge in [-0.15, -0.1) is 0 Å². The molecule has 5 heteroatoms. The Morgan fingerprint density at radius 3 is 2.57 bits per heavy atom. The van der Waals surface area contributed by atoms with Gasteiger partial charge in [-0.25, -0.2) is 0 Å². The fourth-order valence-electron chi connectivity index (χ4n) is 1.09. The lowest BCUT2D eigenvalue weighted by Gasteiger charge is -2.17. The molecule has 0 saturated carbocycles. The molecule has 1 N–H and O–H groups in total. The summed E-state index contributed by atoms with van der Waals surface area (Å²) < 4.78 is 23.3. The van der Waals surface area contributed by atoms with E-state index in [0.717, 1.165) is 11.3 Å².